The smallest absolute Gasteiger partial charge is 0.259 e. The maximum atomic E-state index is 13.9. The summed E-state index contributed by atoms with van der Waals surface area (Å²) in [5, 5.41) is 0. The van der Waals surface area contributed by atoms with Crippen molar-refractivity contribution < 1.29 is 4.79 Å². The number of hydrogen-bond donors (Lipinski definition) is 0. The Balaban J connectivity index is 1.59. The van der Waals surface area contributed by atoms with Gasteiger partial charge in [-0.1, -0.05) is 103 Å². The van der Waals surface area contributed by atoms with E-state index in [1.165, 1.54) is 33.4 Å². The maximum absolute atomic E-state index is 13.9. The average Bonchev–Trinajstić information content (AvgIpc) is 3.41. The monoisotopic (exact) mass is 467 g/mol. The molecule has 2 heteroatoms. The van der Waals surface area contributed by atoms with Gasteiger partial charge >= 0.3 is 0 Å². The normalized spacial score (nSPS) is 17.2. The topological polar surface area (TPSA) is 20.3 Å². The molecule has 1 aliphatic heterocycles. The first-order valence-corrected chi connectivity index (χ1v) is 12.6. The summed E-state index contributed by atoms with van der Waals surface area (Å²) in [4.78, 5) is 15.9. The van der Waals surface area contributed by atoms with Crippen molar-refractivity contribution in [1.82, 2.24) is 0 Å². The van der Waals surface area contributed by atoms with Crippen molar-refractivity contribution in [3.8, 4) is 0 Å². The first kappa shape index (κ1) is 22.3. The van der Waals surface area contributed by atoms with Crippen LogP contribution in [-0.2, 0) is 6.42 Å². The number of fused-ring (bicyclic) bond motifs is 2. The molecule has 0 saturated carbocycles. The van der Waals surface area contributed by atoms with Crippen molar-refractivity contribution in [2.45, 2.75) is 26.3 Å². The van der Waals surface area contributed by atoms with Crippen LogP contribution >= 0.6 is 0 Å². The Morgan fingerprint density at radius 3 is 2.19 bits per heavy atom. The van der Waals surface area contributed by atoms with Crippen LogP contribution in [0, 0.1) is 12.8 Å². The zero-order valence-electron chi connectivity index (χ0n) is 20.7. The predicted octanol–water partition coefficient (Wildman–Crippen LogP) is 7.95. The SMILES string of the molecule is C=C(C)C(C1=C(c2ccccc2)c2ccccc2C1)[C@@H]1c2ccccc2C(=O)N1c1ccc(C)cc1. The molecule has 0 spiro atoms. The van der Waals surface area contributed by atoms with Crippen LogP contribution in [-0.4, -0.2) is 5.91 Å². The Morgan fingerprint density at radius 2 is 1.47 bits per heavy atom. The minimum atomic E-state index is -0.156. The summed E-state index contributed by atoms with van der Waals surface area (Å²) in [6, 6.07) is 35.6. The number of aryl methyl sites for hydroxylation is 1. The Hall–Kier alpha value is -4.17. The molecule has 0 radical (unpaired) electrons. The summed E-state index contributed by atoms with van der Waals surface area (Å²) in [5.41, 5.74) is 11.5. The zero-order chi connectivity index (χ0) is 24.8. The van der Waals surface area contributed by atoms with Gasteiger partial charge in [0.05, 0.1) is 6.04 Å². The Morgan fingerprint density at radius 1 is 0.833 bits per heavy atom. The van der Waals surface area contributed by atoms with Crippen LogP contribution in [0.1, 0.15) is 51.1 Å². The molecule has 0 saturated heterocycles. The molecule has 4 aromatic carbocycles. The molecular weight excluding hydrogens is 438 g/mol. The largest absolute Gasteiger partial charge is 0.300 e. The predicted molar refractivity (Wildman–Crippen MR) is 148 cm³/mol. The molecule has 0 bridgehead atoms. The molecule has 176 valence electrons. The van der Waals surface area contributed by atoms with E-state index in [-0.39, 0.29) is 17.9 Å². The van der Waals surface area contributed by atoms with Crippen LogP contribution in [0.15, 0.2) is 121 Å². The number of rotatable bonds is 5. The van der Waals surface area contributed by atoms with Gasteiger partial charge in [0.25, 0.3) is 5.91 Å². The van der Waals surface area contributed by atoms with E-state index in [1.54, 1.807) is 0 Å². The molecule has 1 heterocycles. The molecule has 0 fully saturated rings. The molecule has 1 amide bonds. The van der Waals surface area contributed by atoms with Crippen molar-refractivity contribution >= 4 is 17.2 Å². The lowest BCUT2D eigenvalue weighted by Gasteiger charge is -2.35. The third kappa shape index (κ3) is 3.53. The number of anilines is 1. The molecule has 2 aliphatic rings. The van der Waals surface area contributed by atoms with E-state index in [0.29, 0.717) is 0 Å². The van der Waals surface area contributed by atoms with Gasteiger partial charge in [0.2, 0.25) is 0 Å². The van der Waals surface area contributed by atoms with Crippen molar-refractivity contribution in [2.75, 3.05) is 4.90 Å². The molecular formula is C34H29NO. The lowest BCUT2D eigenvalue weighted by atomic mass is 9.79. The first-order chi connectivity index (χ1) is 17.5. The fourth-order valence-corrected chi connectivity index (χ4v) is 6.01. The molecule has 1 unspecified atom stereocenters. The summed E-state index contributed by atoms with van der Waals surface area (Å²) in [5.74, 6) is 0.0320. The summed E-state index contributed by atoms with van der Waals surface area (Å²) < 4.78 is 0. The van der Waals surface area contributed by atoms with E-state index in [2.05, 4.69) is 105 Å². The van der Waals surface area contributed by atoms with Gasteiger partial charge in [-0.25, -0.2) is 0 Å². The van der Waals surface area contributed by atoms with E-state index in [0.717, 1.165) is 28.8 Å². The highest BCUT2D eigenvalue weighted by molar-refractivity contribution is 6.11. The van der Waals surface area contributed by atoms with Gasteiger partial charge in [-0.15, -0.1) is 0 Å². The van der Waals surface area contributed by atoms with Crippen molar-refractivity contribution in [1.29, 1.82) is 0 Å². The van der Waals surface area contributed by atoms with Crippen LogP contribution < -0.4 is 4.90 Å². The molecule has 4 aromatic rings. The van der Waals surface area contributed by atoms with Crippen molar-refractivity contribution in [3.05, 3.63) is 154 Å². The maximum Gasteiger partial charge on any atom is 0.259 e. The Bertz CT molecular complexity index is 1510. The summed E-state index contributed by atoms with van der Waals surface area (Å²) in [6.45, 7) is 8.69. The standard InChI is InChI=1S/C34H29NO/c1-22(2)31(30-21-25-13-7-8-14-27(25)32(30)24-11-5-4-6-12-24)33-28-15-9-10-16-29(28)34(36)35(33)26-19-17-23(3)18-20-26/h4-20,31,33H,1,21H2,2-3H3/t31?,33-/m0/s1. The van der Waals surface area contributed by atoms with Gasteiger partial charge in [-0.3, -0.25) is 9.69 Å². The van der Waals surface area contributed by atoms with Gasteiger partial charge in [0.15, 0.2) is 0 Å². The van der Waals surface area contributed by atoms with Gasteiger partial charge in [-0.2, -0.15) is 0 Å². The number of carbonyl (C=O) groups excluding carboxylic acids is 1. The summed E-state index contributed by atoms with van der Waals surface area (Å²) >= 11 is 0. The van der Waals surface area contributed by atoms with Crippen LogP contribution in [0.4, 0.5) is 5.69 Å². The van der Waals surface area contributed by atoms with Crippen LogP contribution in [0.3, 0.4) is 0 Å². The van der Waals surface area contributed by atoms with Crippen molar-refractivity contribution in [2.24, 2.45) is 5.92 Å². The third-order valence-corrected chi connectivity index (χ3v) is 7.59. The van der Waals surface area contributed by atoms with Crippen molar-refractivity contribution in [3.63, 3.8) is 0 Å². The fourth-order valence-electron chi connectivity index (χ4n) is 6.01. The second kappa shape index (κ2) is 8.80. The fraction of sp³-hybridized carbons (Fsp3) is 0.147. The van der Waals surface area contributed by atoms with E-state index in [9.17, 15) is 4.79 Å². The van der Waals surface area contributed by atoms with E-state index < -0.39 is 0 Å². The number of benzene rings is 4. The molecule has 6 rings (SSSR count). The Labute approximate surface area is 213 Å². The molecule has 0 N–H and O–H groups in total. The second-order valence-corrected chi connectivity index (χ2v) is 9.97. The highest BCUT2D eigenvalue weighted by Gasteiger charge is 2.45. The van der Waals surface area contributed by atoms with Gasteiger partial charge in [0.1, 0.15) is 0 Å². The molecule has 0 aromatic heterocycles. The minimum Gasteiger partial charge on any atom is -0.300 e. The average molecular weight is 468 g/mol. The lowest BCUT2D eigenvalue weighted by molar-refractivity contribution is 0.0988. The number of nitrogens with zero attached hydrogens (tertiary/aromatic N) is 1. The van der Waals surface area contributed by atoms with Crippen LogP contribution in [0.2, 0.25) is 0 Å². The first-order valence-electron chi connectivity index (χ1n) is 12.6. The molecule has 2 atom stereocenters. The summed E-state index contributed by atoms with van der Waals surface area (Å²) in [7, 11) is 0. The molecule has 2 nitrogen and oxygen atoms in total. The Kier molecular flexibility index (Phi) is 5.45. The van der Waals surface area contributed by atoms with Gasteiger partial charge in [0, 0.05) is 17.2 Å². The number of amides is 1. The minimum absolute atomic E-state index is 0.0264. The third-order valence-electron chi connectivity index (χ3n) is 7.59. The lowest BCUT2D eigenvalue weighted by Crippen LogP contribution is -2.34. The van der Waals surface area contributed by atoms with Gasteiger partial charge < -0.3 is 0 Å². The van der Waals surface area contributed by atoms with E-state index in [1.807, 2.05) is 23.1 Å². The highest BCUT2D eigenvalue weighted by Crippen LogP contribution is 2.51. The highest BCUT2D eigenvalue weighted by atomic mass is 16.2. The van der Waals surface area contributed by atoms with Gasteiger partial charge in [-0.05, 0) is 71.9 Å². The van der Waals surface area contributed by atoms with E-state index >= 15 is 0 Å². The van der Waals surface area contributed by atoms with E-state index in [4.69, 9.17) is 0 Å². The number of hydrogen-bond acceptors (Lipinski definition) is 1. The van der Waals surface area contributed by atoms with Crippen LogP contribution in [0.5, 0.6) is 0 Å². The zero-order valence-corrected chi connectivity index (χ0v) is 20.7. The molecule has 36 heavy (non-hydrogen) atoms. The summed E-state index contributed by atoms with van der Waals surface area (Å²) in [6.07, 6.45) is 0.854. The second-order valence-electron chi connectivity index (χ2n) is 9.97. The number of carbonyl (C=O) groups is 1. The van der Waals surface area contributed by atoms with Crippen LogP contribution in [0.25, 0.3) is 5.57 Å². The quantitative estimate of drug-likeness (QED) is 0.273. The molecule has 1 aliphatic carbocycles.